The average Bonchev–Trinajstić information content (AvgIpc) is 3.09. The fourth-order valence-electron chi connectivity index (χ4n) is 5.34. The number of carbonyl (C=O) groups excluding carboxylic acids is 1. The van der Waals surface area contributed by atoms with Crippen molar-refractivity contribution in [3.8, 4) is 0 Å². The van der Waals surface area contributed by atoms with Crippen LogP contribution >= 0.6 is 11.3 Å². The number of nitrogens with one attached hydrogen (secondary N) is 1. The third-order valence-electron chi connectivity index (χ3n) is 7.29. The number of likely N-dealkylation sites (tertiary alicyclic amines) is 1. The molecule has 3 atom stereocenters. The van der Waals surface area contributed by atoms with Crippen LogP contribution in [-0.2, 0) is 4.79 Å². The van der Waals surface area contributed by atoms with E-state index in [0.29, 0.717) is 23.2 Å². The quantitative estimate of drug-likeness (QED) is 0.916. The molecule has 1 saturated heterocycles. The van der Waals surface area contributed by atoms with Gasteiger partial charge in [0.05, 0.1) is 11.0 Å². The summed E-state index contributed by atoms with van der Waals surface area (Å²) >= 11 is 1.54. The first-order chi connectivity index (χ1) is 12.2. The van der Waals surface area contributed by atoms with Crippen LogP contribution in [0.4, 0.5) is 5.82 Å². The van der Waals surface area contributed by atoms with Crippen molar-refractivity contribution >= 4 is 33.4 Å². The van der Waals surface area contributed by atoms with Gasteiger partial charge in [0.15, 0.2) is 5.82 Å². The molecule has 0 radical (unpaired) electrons. The third kappa shape index (κ3) is 1.90. The highest BCUT2D eigenvalue weighted by Gasteiger charge is 2.63. The number of rotatable bonds is 3. The summed E-state index contributed by atoms with van der Waals surface area (Å²) in [6.45, 7) is 1.72. The standard InChI is InChI=1S/C18H21N5OS/c24-16(12-6-17(12)3-1-4-17)23-7-11-2-5-18(11,8-23)22-14-13-15(20-9-19-14)25-10-21-13/h9-12H,1-8H2,(H,19,20,22). The topological polar surface area (TPSA) is 71.0 Å². The molecule has 3 heterocycles. The number of carbonyl (C=O) groups is 1. The molecule has 0 aromatic carbocycles. The summed E-state index contributed by atoms with van der Waals surface area (Å²) in [7, 11) is 0. The molecule has 1 amide bonds. The van der Waals surface area contributed by atoms with Crippen molar-refractivity contribution in [1.29, 1.82) is 0 Å². The van der Waals surface area contributed by atoms with E-state index in [1.807, 2.05) is 5.51 Å². The fourth-order valence-corrected chi connectivity index (χ4v) is 5.96. The Labute approximate surface area is 150 Å². The van der Waals surface area contributed by atoms with Gasteiger partial charge in [-0.05, 0) is 37.5 Å². The van der Waals surface area contributed by atoms with Crippen molar-refractivity contribution in [2.45, 2.75) is 44.1 Å². The summed E-state index contributed by atoms with van der Waals surface area (Å²) in [6, 6.07) is 0. The van der Waals surface area contributed by atoms with Gasteiger partial charge in [-0.15, -0.1) is 11.3 Å². The first-order valence-electron chi connectivity index (χ1n) is 9.30. The van der Waals surface area contributed by atoms with E-state index in [0.717, 1.165) is 42.1 Å². The lowest BCUT2D eigenvalue weighted by Crippen LogP contribution is -2.53. The number of fused-ring (bicyclic) bond motifs is 2. The molecule has 3 aliphatic carbocycles. The Morgan fingerprint density at radius 1 is 1.28 bits per heavy atom. The molecule has 2 aromatic heterocycles. The first kappa shape index (κ1) is 14.4. The number of hydrogen-bond donors (Lipinski definition) is 1. The Morgan fingerprint density at radius 2 is 2.20 bits per heavy atom. The minimum absolute atomic E-state index is 0.0117. The lowest BCUT2D eigenvalue weighted by Gasteiger charge is -2.44. The average molecular weight is 355 g/mol. The highest BCUT2D eigenvalue weighted by molar-refractivity contribution is 7.16. The second-order valence-electron chi connectivity index (χ2n) is 8.44. The van der Waals surface area contributed by atoms with Crippen molar-refractivity contribution in [2.75, 3.05) is 18.4 Å². The maximum atomic E-state index is 13.0. The lowest BCUT2D eigenvalue weighted by atomic mass is 9.69. The molecule has 4 fully saturated rings. The molecule has 1 spiro atoms. The van der Waals surface area contributed by atoms with Gasteiger partial charge in [0.2, 0.25) is 5.91 Å². The first-order valence-corrected chi connectivity index (χ1v) is 10.2. The summed E-state index contributed by atoms with van der Waals surface area (Å²) in [5.41, 5.74) is 3.07. The molecule has 6 nitrogen and oxygen atoms in total. The maximum absolute atomic E-state index is 13.0. The van der Waals surface area contributed by atoms with E-state index < -0.39 is 0 Å². The lowest BCUT2D eigenvalue weighted by molar-refractivity contribution is -0.133. The van der Waals surface area contributed by atoms with Gasteiger partial charge in [-0.2, -0.15) is 0 Å². The maximum Gasteiger partial charge on any atom is 0.226 e. The van der Waals surface area contributed by atoms with E-state index in [1.54, 1.807) is 6.33 Å². The number of aromatic nitrogens is 3. The highest BCUT2D eigenvalue weighted by atomic mass is 32.1. The van der Waals surface area contributed by atoms with Crippen LogP contribution in [0.5, 0.6) is 0 Å². The molecular formula is C18H21N5OS. The molecule has 6 rings (SSSR count). The second-order valence-corrected chi connectivity index (χ2v) is 9.27. The van der Waals surface area contributed by atoms with Gasteiger partial charge in [-0.3, -0.25) is 4.79 Å². The Kier molecular flexibility index (Phi) is 2.71. The minimum atomic E-state index is -0.0117. The summed E-state index contributed by atoms with van der Waals surface area (Å²) in [5, 5.41) is 3.67. The fraction of sp³-hybridized carbons (Fsp3) is 0.667. The zero-order valence-corrected chi connectivity index (χ0v) is 14.9. The van der Waals surface area contributed by atoms with Crippen LogP contribution < -0.4 is 5.32 Å². The van der Waals surface area contributed by atoms with Gasteiger partial charge < -0.3 is 10.2 Å². The Balaban J connectivity index is 1.24. The number of amides is 1. The molecule has 2 aromatic rings. The van der Waals surface area contributed by atoms with E-state index in [9.17, 15) is 4.79 Å². The summed E-state index contributed by atoms with van der Waals surface area (Å²) in [4.78, 5) is 29.2. The summed E-state index contributed by atoms with van der Waals surface area (Å²) in [6.07, 6.45) is 8.90. The number of hydrogen-bond acceptors (Lipinski definition) is 6. The van der Waals surface area contributed by atoms with Crippen molar-refractivity contribution < 1.29 is 4.79 Å². The number of anilines is 1. The van der Waals surface area contributed by atoms with E-state index >= 15 is 0 Å². The molecule has 7 heteroatoms. The van der Waals surface area contributed by atoms with Gasteiger partial charge >= 0.3 is 0 Å². The predicted octanol–water partition coefficient (Wildman–Crippen LogP) is 2.68. The Morgan fingerprint density at radius 3 is 2.92 bits per heavy atom. The monoisotopic (exact) mass is 355 g/mol. The van der Waals surface area contributed by atoms with Crippen LogP contribution in [0.1, 0.15) is 38.5 Å². The van der Waals surface area contributed by atoms with Crippen LogP contribution in [0.15, 0.2) is 11.8 Å². The van der Waals surface area contributed by atoms with Crippen molar-refractivity contribution in [3.63, 3.8) is 0 Å². The molecule has 1 aliphatic heterocycles. The van der Waals surface area contributed by atoms with Crippen LogP contribution in [-0.4, -0.2) is 44.4 Å². The van der Waals surface area contributed by atoms with Gasteiger partial charge in [-0.25, -0.2) is 15.0 Å². The number of thiazole rings is 1. The van der Waals surface area contributed by atoms with E-state index in [4.69, 9.17) is 0 Å². The Bertz CT molecular complexity index is 877. The molecule has 0 bridgehead atoms. The van der Waals surface area contributed by atoms with Crippen LogP contribution in [0, 0.1) is 17.3 Å². The third-order valence-corrected chi connectivity index (χ3v) is 8.02. The van der Waals surface area contributed by atoms with Gasteiger partial charge in [0.25, 0.3) is 0 Å². The van der Waals surface area contributed by atoms with Crippen LogP contribution in [0.3, 0.4) is 0 Å². The molecule has 3 saturated carbocycles. The van der Waals surface area contributed by atoms with Crippen LogP contribution in [0.25, 0.3) is 10.3 Å². The zero-order valence-electron chi connectivity index (χ0n) is 14.1. The predicted molar refractivity (Wildman–Crippen MR) is 95.3 cm³/mol. The van der Waals surface area contributed by atoms with E-state index in [1.165, 1.54) is 37.0 Å². The second kappa shape index (κ2) is 4.69. The zero-order chi connectivity index (χ0) is 16.6. The van der Waals surface area contributed by atoms with Crippen molar-refractivity contribution in [2.24, 2.45) is 17.3 Å². The molecule has 25 heavy (non-hydrogen) atoms. The molecule has 4 aliphatic rings. The number of nitrogens with zero attached hydrogens (tertiary/aromatic N) is 4. The minimum Gasteiger partial charge on any atom is -0.361 e. The van der Waals surface area contributed by atoms with Gasteiger partial charge in [0, 0.05) is 24.9 Å². The molecule has 3 unspecified atom stereocenters. The smallest absolute Gasteiger partial charge is 0.226 e. The summed E-state index contributed by atoms with van der Waals surface area (Å²) in [5.74, 6) is 2.10. The Hall–Kier alpha value is -1.76. The normalized spacial score (nSPS) is 34.5. The summed E-state index contributed by atoms with van der Waals surface area (Å²) < 4.78 is 0. The molecule has 1 N–H and O–H groups in total. The van der Waals surface area contributed by atoms with Crippen molar-refractivity contribution in [1.82, 2.24) is 19.9 Å². The highest BCUT2D eigenvalue weighted by Crippen LogP contribution is 2.66. The largest absolute Gasteiger partial charge is 0.361 e. The molecular weight excluding hydrogens is 334 g/mol. The van der Waals surface area contributed by atoms with E-state index in [-0.39, 0.29) is 5.54 Å². The molecule has 130 valence electrons. The van der Waals surface area contributed by atoms with Gasteiger partial charge in [-0.1, -0.05) is 6.42 Å². The van der Waals surface area contributed by atoms with Crippen molar-refractivity contribution in [3.05, 3.63) is 11.8 Å². The van der Waals surface area contributed by atoms with Gasteiger partial charge in [0.1, 0.15) is 16.7 Å². The van der Waals surface area contributed by atoms with E-state index in [2.05, 4.69) is 25.2 Å². The van der Waals surface area contributed by atoms with Crippen LogP contribution in [0.2, 0.25) is 0 Å². The SMILES string of the molecule is O=C(C1CC12CCC2)N1CC2CCC2(Nc2ncnc3scnc23)C1.